The van der Waals surface area contributed by atoms with E-state index in [1.807, 2.05) is 0 Å². The number of furan rings is 1. The molecule has 5 nitrogen and oxygen atoms in total. The number of rotatable bonds is 3. The molecule has 0 amide bonds. The van der Waals surface area contributed by atoms with Crippen LogP contribution in [0.1, 0.15) is 28.8 Å². The summed E-state index contributed by atoms with van der Waals surface area (Å²) in [6.07, 6.45) is 0. The van der Waals surface area contributed by atoms with Crippen molar-refractivity contribution in [2.75, 3.05) is 26.7 Å². The van der Waals surface area contributed by atoms with Gasteiger partial charge in [-0.25, -0.2) is 4.79 Å². The molecule has 0 aromatic carbocycles. The lowest BCUT2D eigenvalue weighted by Gasteiger charge is -2.33. The summed E-state index contributed by atoms with van der Waals surface area (Å²) in [7, 11) is 1.38. The van der Waals surface area contributed by atoms with Crippen LogP contribution in [0.4, 0.5) is 0 Å². The Morgan fingerprint density at radius 3 is 3.11 bits per heavy atom. The third-order valence-electron chi connectivity index (χ3n) is 3.37. The second-order valence-electron chi connectivity index (χ2n) is 4.70. The van der Waals surface area contributed by atoms with Gasteiger partial charge in [-0.1, -0.05) is 0 Å². The van der Waals surface area contributed by atoms with Crippen LogP contribution in [0.25, 0.3) is 0 Å². The first-order valence-electron chi connectivity index (χ1n) is 6.24. The van der Waals surface area contributed by atoms with Gasteiger partial charge in [0.2, 0.25) is 0 Å². The minimum absolute atomic E-state index is 0.337. The summed E-state index contributed by atoms with van der Waals surface area (Å²) in [5, 5.41) is 3.35. The largest absolute Gasteiger partial charge is 0.465 e. The Morgan fingerprint density at radius 2 is 2.44 bits per heavy atom. The summed E-state index contributed by atoms with van der Waals surface area (Å²) in [6.45, 7) is 7.69. The molecule has 0 spiro atoms. The first kappa shape index (κ1) is 13.1. The SMILES string of the molecule is COC(=O)c1cc(CN2CCNCC2C)oc1C. The van der Waals surface area contributed by atoms with E-state index < -0.39 is 0 Å². The second-order valence-corrected chi connectivity index (χ2v) is 4.70. The van der Waals surface area contributed by atoms with E-state index in [2.05, 4.69) is 17.1 Å². The lowest BCUT2D eigenvalue weighted by molar-refractivity contribution is 0.0599. The minimum Gasteiger partial charge on any atom is -0.465 e. The molecule has 0 bridgehead atoms. The van der Waals surface area contributed by atoms with E-state index >= 15 is 0 Å². The van der Waals surface area contributed by atoms with Gasteiger partial charge in [0.25, 0.3) is 0 Å². The molecule has 5 heteroatoms. The molecular formula is C13H20N2O3. The van der Waals surface area contributed by atoms with Crippen LogP contribution < -0.4 is 5.32 Å². The molecule has 0 radical (unpaired) electrons. The van der Waals surface area contributed by atoms with Crippen molar-refractivity contribution in [3.8, 4) is 0 Å². The van der Waals surface area contributed by atoms with Crippen LogP contribution in [0.15, 0.2) is 10.5 Å². The Labute approximate surface area is 107 Å². The topological polar surface area (TPSA) is 54.7 Å². The van der Waals surface area contributed by atoms with E-state index in [0.717, 1.165) is 31.9 Å². The summed E-state index contributed by atoms with van der Waals surface area (Å²) >= 11 is 0. The van der Waals surface area contributed by atoms with E-state index in [-0.39, 0.29) is 5.97 Å². The molecule has 2 rings (SSSR count). The molecule has 1 aliphatic heterocycles. The Morgan fingerprint density at radius 1 is 1.67 bits per heavy atom. The molecule has 1 saturated heterocycles. The van der Waals surface area contributed by atoms with Crippen molar-refractivity contribution in [2.45, 2.75) is 26.4 Å². The number of hydrogen-bond acceptors (Lipinski definition) is 5. The molecule has 18 heavy (non-hydrogen) atoms. The molecule has 1 aliphatic rings. The lowest BCUT2D eigenvalue weighted by atomic mass is 10.2. The van der Waals surface area contributed by atoms with Gasteiger partial charge in [-0.15, -0.1) is 0 Å². The molecule has 1 unspecified atom stereocenters. The molecule has 1 fully saturated rings. The first-order chi connectivity index (χ1) is 8.61. The first-order valence-corrected chi connectivity index (χ1v) is 6.24. The fraction of sp³-hybridized carbons (Fsp3) is 0.615. The highest BCUT2D eigenvalue weighted by Gasteiger charge is 2.21. The highest BCUT2D eigenvalue weighted by atomic mass is 16.5. The molecule has 1 aromatic heterocycles. The van der Waals surface area contributed by atoms with Crippen LogP contribution >= 0.6 is 0 Å². The number of methoxy groups -OCH3 is 1. The maximum atomic E-state index is 11.5. The van der Waals surface area contributed by atoms with Crippen molar-refractivity contribution in [2.24, 2.45) is 0 Å². The van der Waals surface area contributed by atoms with Crippen molar-refractivity contribution in [1.29, 1.82) is 0 Å². The molecule has 100 valence electrons. The fourth-order valence-electron chi connectivity index (χ4n) is 2.25. The number of carbonyl (C=O) groups excluding carboxylic acids is 1. The number of piperazine rings is 1. The van der Waals surface area contributed by atoms with E-state index in [9.17, 15) is 4.79 Å². The average Bonchev–Trinajstić information content (AvgIpc) is 2.72. The highest BCUT2D eigenvalue weighted by molar-refractivity contribution is 5.90. The molecule has 0 saturated carbocycles. The molecule has 1 N–H and O–H groups in total. The van der Waals surface area contributed by atoms with Crippen molar-refractivity contribution < 1.29 is 13.9 Å². The van der Waals surface area contributed by atoms with E-state index in [1.165, 1.54) is 7.11 Å². The van der Waals surface area contributed by atoms with Crippen LogP contribution in [-0.2, 0) is 11.3 Å². The summed E-state index contributed by atoms with van der Waals surface area (Å²) in [4.78, 5) is 13.8. The third kappa shape index (κ3) is 2.73. The van der Waals surface area contributed by atoms with Crippen molar-refractivity contribution in [3.05, 3.63) is 23.2 Å². The summed E-state index contributed by atoms with van der Waals surface area (Å²) in [5.41, 5.74) is 0.523. The lowest BCUT2D eigenvalue weighted by Crippen LogP contribution is -2.49. The zero-order chi connectivity index (χ0) is 13.1. The maximum absolute atomic E-state index is 11.5. The quantitative estimate of drug-likeness (QED) is 0.818. The van der Waals surface area contributed by atoms with E-state index in [0.29, 0.717) is 17.4 Å². The number of nitrogens with zero attached hydrogens (tertiary/aromatic N) is 1. The van der Waals surface area contributed by atoms with Crippen LogP contribution in [0.5, 0.6) is 0 Å². The summed E-state index contributed by atoms with van der Waals surface area (Å²) in [6, 6.07) is 2.27. The van der Waals surface area contributed by atoms with Gasteiger partial charge in [-0.2, -0.15) is 0 Å². The van der Waals surface area contributed by atoms with Gasteiger partial charge in [0.1, 0.15) is 17.1 Å². The third-order valence-corrected chi connectivity index (χ3v) is 3.37. The van der Waals surface area contributed by atoms with E-state index in [1.54, 1.807) is 13.0 Å². The van der Waals surface area contributed by atoms with Crippen molar-refractivity contribution >= 4 is 5.97 Å². The number of carbonyl (C=O) groups is 1. The van der Waals surface area contributed by atoms with Gasteiger partial charge in [-0.3, -0.25) is 4.90 Å². The predicted molar refractivity (Wildman–Crippen MR) is 67.5 cm³/mol. The Bertz CT molecular complexity index is 428. The zero-order valence-electron chi connectivity index (χ0n) is 11.2. The van der Waals surface area contributed by atoms with Crippen molar-refractivity contribution in [1.82, 2.24) is 10.2 Å². The fourth-order valence-corrected chi connectivity index (χ4v) is 2.25. The Balaban J connectivity index is 2.07. The summed E-state index contributed by atoms with van der Waals surface area (Å²) in [5.74, 6) is 1.11. The molecule has 1 aromatic rings. The maximum Gasteiger partial charge on any atom is 0.341 e. The molecule has 2 heterocycles. The van der Waals surface area contributed by atoms with Crippen LogP contribution in [0.3, 0.4) is 0 Å². The number of esters is 1. The van der Waals surface area contributed by atoms with Gasteiger partial charge >= 0.3 is 5.97 Å². The predicted octanol–water partition coefficient (Wildman–Crippen LogP) is 1.17. The van der Waals surface area contributed by atoms with E-state index in [4.69, 9.17) is 9.15 Å². The smallest absolute Gasteiger partial charge is 0.341 e. The molecule has 1 atom stereocenters. The van der Waals surface area contributed by atoms with Crippen molar-refractivity contribution in [3.63, 3.8) is 0 Å². The Hall–Kier alpha value is -1.33. The molecular weight excluding hydrogens is 232 g/mol. The normalized spacial score (nSPS) is 20.9. The average molecular weight is 252 g/mol. The van der Waals surface area contributed by atoms with Gasteiger partial charge in [-0.05, 0) is 19.9 Å². The number of hydrogen-bond donors (Lipinski definition) is 1. The number of ether oxygens (including phenoxy) is 1. The van der Waals surface area contributed by atoms with Crippen LogP contribution in [-0.4, -0.2) is 43.7 Å². The van der Waals surface area contributed by atoms with Crippen LogP contribution in [0, 0.1) is 6.92 Å². The standard InChI is InChI=1S/C13H20N2O3/c1-9-7-14-4-5-15(9)8-11-6-12(10(2)18-11)13(16)17-3/h6,9,14H,4-5,7-8H2,1-3H3. The highest BCUT2D eigenvalue weighted by Crippen LogP contribution is 2.18. The summed E-state index contributed by atoms with van der Waals surface area (Å²) < 4.78 is 10.3. The number of aryl methyl sites for hydroxylation is 1. The van der Waals surface area contributed by atoms with Gasteiger partial charge in [0.15, 0.2) is 0 Å². The van der Waals surface area contributed by atoms with Gasteiger partial charge in [0, 0.05) is 25.7 Å². The zero-order valence-corrected chi connectivity index (χ0v) is 11.2. The van der Waals surface area contributed by atoms with Crippen LogP contribution in [0.2, 0.25) is 0 Å². The second kappa shape index (κ2) is 5.54. The Kier molecular flexibility index (Phi) is 4.04. The minimum atomic E-state index is -0.337. The molecule has 0 aliphatic carbocycles. The van der Waals surface area contributed by atoms with Gasteiger partial charge in [0.05, 0.1) is 13.7 Å². The number of nitrogens with one attached hydrogen (secondary N) is 1. The van der Waals surface area contributed by atoms with Gasteiger partial charge < -0.3 is 14.5 Å². The monoisotopic (exact) mass is 252 g/mol.